The summed E-state index contributed by atoms with van der Waals surface area (Å²) >= 11 is 0. The fourth-order valence-electron chi connectivity index (χ4n) is 1.44. The maximum absolute atomic E-state index is 11.8. The van der Waals surface area contributed by atoms with E-state index in [0.29, 0.717) is 12.4 Å². The van der Waals surface area contributed by atoms with Gasteiger partial charge in [0.15, 0.2) is 0 Å². The van der Waals surface area contributed by atoms with Gasteiger partial charge in [-0.25, -0.2) is 4.79 Å². The van der Waals surface area contributed by atoms with E-state index in [9.17, 15) is 4.79 Å². The first-order valence-electron chi connectivity index (χ1n) is 6.24. The Morgan fingerprint density at radius 1 is 1.37 bits per heavy atom. The Kier molecular flexibility index (Phi) is 5.79. The van der Waals surface area contributed by atoms with Crippen molar-refractivity contribution in [3.8, 4) is 5.75 Å². The fourth-order valence-corrected chi connectivity index (χ4v) is 1.44. The Bertz CT molecular complexity index is 404. The minimum Gasteiger partial charge on any atom is -0.491 e. The average Bonchev–Trinajstić information content (AvgIpc) is 2.45. The van der Waals surface area contributed by atoms with Crippen LogP contribution in [0.5, 0.6) is 5.75 Å². The number of carbonyl (C=O) groups excluding carboxylic acids is 1. The standard InChI is InChI=1S/C14H21NO4/c1-4-18-13(17)14(2,15-3)10-19-12-7-5-11(9-16)6-8-12/h5-8,15-16H,4,9-10H2,1-3H3. The van der Waals surface area contributed by atoms with E-state index in [4.69, 9.17) is 14.6 Å². The zero-order valence-corrected chi connectivity index (χ0v) is 11.6. The topological polar surface area (TPSA) is 67.8 Å². The predicted octanol–water partition coefficient (Wildman–Crippen LogP) is 1.10. The lowest BCUT2D eigenvalue weighted by molar-refractivity contribution is -0.151. The van der Waals surface area contributed by atoms with Gasteiger partial charge in [0.25, 0.3) is 0 Å². The van der Waals surface area contributed by atoms with E-state index in [-0.39, 0.29) is 19.2 Å². The van der Waals surface area contributed by atoms with Crippen molar-refractivity contribution in [2.45, 2.75) is 26.0 Å². The number of likely N-dealkylation sites (N-methyl/N-ethyl adjacent to an activating group) is 1. The van der Waals surface area contributed by atoms with Crippen molar-refractivity contribution < 1.29 is 19.4 Å². The summed E-state index contributed by atoms with van der Waals surface area (Å²) in [6.07, 6.45) is 0. The third-order valence-corrected chi connectivity index (χ3v) is 2.91. The molecular formula is C14H21NO4. The van der Waals surface area contributed by atoms with Crippen molar-refractivity contribution in [3.63, 3.8) is 0 Å². The summed E-state index contributed by atoms with van der Waals surface area (Å²) in [5.41, 5.74) is -0.0693. The second kappa shape index (κ2) is 7.11. The van der Waals surface area contributed by atoms with Gasteiger partial charge in [0.05, 0.1) is 13.2 Å². The Morgan fingerprint density at radius 2 is 2.00 bits per heavy atom. The van der Waals surface area contributed by atoms with Crippen LogP contribution in [0.25, 0.3) is 0 Å². The quantitative estimate of drug-likeness (QED) is 0.724. The molecule has 0 fully saturated rings. The van der Waals surface area contributed by atoms with E-state index in [1.807, 2.05) is 0 Å². The predicted molar refractivity (Wildman–Crippen MR) is 72.0 cm³/mol. The minimum atomic E-state index is -0.883. The van der Waals surface area contributed by atoms with Crippen LogP contribution in [-0.4, -0.2) is 36.9 Å². The maximum atomic E-state index is 11.8. The molecule has 1 unspecified atom stereocenters. The van der Waals surface area contributed by atoms with E-state index < -0.39 is 5.54 Å². The van der Waals surface area contributed by atoms with Crippen LogP contribution < -0.4 is 10.1 Å². The number of nitrogens with one attached hydrogen (secondary N) is 1. The lowest BCUT2D eigenvalue weighted by Crippen LogP contribution is -2.53. The van der Waals surface area contributed by atoms with E-state index in [0.717, 1.165) is 5.56 Å². The number of aliphatic hydroxyl groups is 1. The van der Waals surface area contributed by atoms with Crippen LogP contribution in [0.15, 0.2) is 24.3 Å². The molecule has 0 aromatic heterocycles. The second-order valence-corrected chi connectivity index (χ2v) is 4.39. The van der Waals surface area contributed by atoms with Crippen LogP contribution in [0, 0.1) is 0 Å². The summed E-state index contributed by atoms with van der Waals surface area (Å²) in [4.78, 5) is 11.8. The van der Waals surface area contributed by atoms with E-state index >= 15 is 0 Å². The third kappa shape index (κ3) is 4.22. The zero-order chi connectivity index (χ0) is 14.3. The minimum absolute atomic E-state index is 0.00264. The largest absolute Gasteiger partial charge is 0.491 e. The molecule has 0 spiro atoms. The number of benzene rings is 1. The molecule has 5 nitrogen and oxygen atoms in total. The van der Waals surface area contributed by atoms with Crippen LogP contribution in [-0.2, 0) is 16.1 Å². The molecule has 0 aliphatic rings. The first-order valence-corrected chi connectivity index (χ1v) is 6.24. The van der Waals surface area contributed by atoms with Gasteiger partial charge in [-0.1, -0.05) is 12.1 Å². The lowest BCUT2D eigenvalue weighted by atomic mass is 10.1. The number of carbonyl (C=O) groups is 1. The van der Waals surface area contributed by atoms with Gasteiger partial charge in [0.1, 0.15) is 17.9 Å². The molecule has 19 heavy (non-hydrogen) atoms. The van der Waals surface area contributed by atoms with Crippen molar-refractivity contribution in [2.24, 2.45) is 0 Å². The Labute approximate surface area is 113 Å². The van der Waals surface area contributed by atoms with Crippen molar-refractivity contribution in [1.29, 1.82) is 0 Å². The van der Waals surface area contributed by atoms with Crippen molar-refractivity contribution >= 4 is 5.97 Å². The molecule has 1 atom stereocenters. The molecule has 0 saturated carbocycles. The van der Waals surface area contributed by atoms with Gasteiger partial charge in [0, 0.05) is 0 Å². The van der Waals surface area contributed by atoms with Crippen molar-refractivity contribution in [2.75, 3.05) is 20.3 Å². The molecule has 2 N–H and O–H groups in total. The van der Waals surface area contributed by atoms with E-state index in [1.54, 1.807) is 45.2 Å². The normalized spacial score (nSPS) is 13.7. The highest BCUT2D eigenvalue weighted by atomic mass is 16.5. The molecule has 0 aliphatic heterocycles. The highest BCUT2D eigenvalue weighted by molar-refractivity contribution is 5.80. The highest BCUT2D eigenvalue weighted by Gasteiger charge is 2.34. The van der Waals surface area contributed by atoms with Gasteiger partial charge in [-0.05, 0) is 38.6 Å². The van der Waals surface area contributed by atoms with Crippen molar-refractivity contribution in [1.82, 2.24) is 5.32 Å². The monoisotopic (exact) mass is 267 g/mol. The smallest absolute Gasteiger partial charge is 0.329 e. The van der Waals surface area contributed by atoms with Crippen molar-refractivity contribution in [3.05, 3.63) is 29.8 Å². The fraction of sp³-hybridized carbons (Fsp3) is 0.500. The summed E-state index contributed by atoms with van der Waals surface area (Å²) in [7, 11) is 1.69. The second-order valence-electron chi connectivity index (χ2n) is 4.39. The van der Waals surface area contributed by atoms with E-state index in [1.165, 1.54) is 0 Å². The van der Waals surface area contributed by atoms with Gasteiger partial charge in [0.2, 0.25) is 0 Å². The lowest BCUT2D eigenvalue weighted by Gasteiger charge is -2.26. The summed E-state index contributed by atoms with van der Waals surface area (Å²) < 4.78 is 10.6. The van der Waals surface area contributed by atoms with Gasteiger partial charge in [-0.15, -0.1) is 0 Å². The molecule has 106 valence electrons. The molecular weight excluding hydrogens is 246 g/mol. The van der Waals surface area contributed by atoms with Crippen LogP contribution in [0.2, 0.25) is 0 Å². The molecule has 1 rings (SSSR count). The molecule has 0 radical (unpaired) electrons. The molecule has 0 heterocycles. The Morgan fingerprint density at radius 3 is 2.47 bits per heavy atom. The first kappa shape index (κ1) is 15.5. The molecule has 5 heteroatoms. The third-order valence-electron chi connectivity index (χ3n) is 2.91. The number of esters is 1. The summed E-state index contributed by atoms with van der Waals surface area (Å²) in [6, 6.07) is 7.06. The molecule has 1 aromatic carbocycles. The number of rotatable bonds is 7. The molecule has 0 saturated heterocycles. The van der Waals surface area contributed by atoms with Gasteiger partial charge in [-0.3, -0.25) is 0 Å². The number of hydrogen-bond donors (Lipinski definition) is 2. The average molecular weight is 267 g/mol. The van der Waals surface area contributed by atoms with Gasteiger partial charge >= 0.3 is 5.97 Å². The molecule has 0 bridgehead atoms. The van der Waals surface area contributed by atoms with Gasteiger partial charge in [-0.2, -0.15) is 0 Å². The number of aliphatic hydroxyl groups excluding tert-OH is 1. The zero-order valence-electron chi connectivity index (χ0n) is 11.6. The first-order chi connectivity index (χ1) is 9.05. The number of ether oxygens (including phenoxy) is 2. The summed E-state index contributed by atoms with van der Waals surface area (Å²) in [6.45, 7) is 4.00. The number of hydrogen-bond acceptors (Lipinski definition) is 5. The van der Waals surface area contributed by atoms with Crippen LogP contribution in [0.1, 0.15) is 19.4 Å². The summed E-state index contributed by atoms with van der Waals surface area (Å²) in [5, 5.41) is 11.9. The van der Waals surface area contributed by atoms with Gasteiger partial charge < -0.3 is 19.9 Å². The highest BCUT2D eigenvalue weighted by Crippen LogP contribution is 2.15. The summed E-state index contributed by atoms with van der Waals surface area (Å²) in [5.74, 6) is 0.299. The Hall–Kier alpha value is -1.59. The molecule has 0 amide bonds. The molecule has 0 aliphatic carbocycles. The van der Waals surface area contributed by atoms with Crippen LogP contribution in [0.3, 0.4) is 0 Å². The van der Waals surface area contributed by atoms with E-state index in [2.05, 4.69) is 5.32 Å². The SMILES string of the molecule is CCOC(=O)C(C)(COc1ccc(CO)cc1)NC. The maximum Gasteiger partial charge on any atom is 0.329 e. The Balaban J connectivity index is 2.63. The molecule has 1 aromatic rings. The van der Waals surface area contributed by atoms with Crippen LogP contribution in [0.4, 0.5) is 0 Å². The van der Waals surface area contributed by atoms with Crippen LogP contribution >= 0.6 is 0 Å².